The summed E-state index contributed by atoms with van der Waals surface area (Å²) in [4.78, 5) is 13.2. The Morgan fingerprint density at radius 3 is 2.50 bits per heavy atom. The highest BCUT2D eigenvalue weighted by atomic mass is 16.1. The minimum absolute atomic E-state index is 0.0584. The summed E-state index contributed by atoms with van der Waals surface area (Å²) in [5.41, 5.74) is 5.26. The van der Waals surface area contributed by atoms with E-state index in [1.807, 2.05) is 6.92 Å². The third kappa shape index (κ3) is 2.48. The van der Waals surface area contributed by atoms with Crippen molar-refractivity contribution in [2.75, 3.05) is 19.6 Å². The highest BCUT2D eigenvalue weighted by Gasteiger charge is 2.19. The van der Waals surface area contributed by atoms with Crippen LogP contribution in [0.3, 0.4) is 0 Å². The first-order valence-electron chi connectivity index (χ1n) is 4.75. The van der Waals surface area contributed by atoms with E-state index >= 15 is 0 Å². The SMILES string of the molecule is CCC(CN1CCCC1)C(N)=O. The average Bonchev–Trinajstić information content (AvgIpc) is 2.51. The molecular formula is C9H18N2O. The van der Waals surface area contributed by atoms with Crippen LogP contribution in [0.25, 0.3) is 0 Å². The van der Waals surface area contributed by atoms with E-state index in [0.717, 1.165) is 26.1 Å². The van der Waals surface area contributed by atoms with Gasteiger partial charge in [0.1, 0.15) is 0 Å². The van der Waals surface area contributed by atoms with Crippen molar-refractivity contribution in [2.45, 2.75) is 26.2 Å². The molecule has 2 N–H and O–H groups in total. The zero-order valence-electron chi connectivity index (χ0n) is 7.75. The summed E-state index contributed by atoms with van der Waals surface area (Å²) in [5, 5.41) is 0. The quantitative estimate of drug-likeness (QED) is 0.671. The molecule has 0 bridgehead atoms. The van der Waals surface area contributed by atoms with Gasteiger partial charge in [-0.2, -0.15) is 0 Å². The molecule has 1 fully saturated rings. The molecule has 1 amide bonds. The van der Waals surface area contributed by atoms with Gasteiger partial charge in [0.15, 0.2) is 0 Å². The molecule has 0 saturated carbocycles. The molecule has 1 rings (SSSR count). The van der Waals surface area contributed by atoms with Crippen LogP contribution >= 0.6 is 0 Å². The number of primary amides is 1. The molecule has 0 aromatic heterocycles. The molecule has 0 spiro atoms. The number of amides is 1. The van der Waals surface area contributed by atoms with Gasteiger partial charge in [0, 0.05) is 6.54 Å². The summed E-state index contributed by atoms with van der Waals surface area (Å²) in [6.07, 6.45) is 3.41. The molecule has 3 heteroatoms. The predicted octanol–water partition coefficient (Wildman–Crippen LogP) is 0.594. The fourth-order valence-corrected chi connectivity index (χ4v) is 1.70. The Morgan fingerprint density at radius 2 is 2.08 bits per heavy atom. The normalized spacial score (nSPS) is 21.1. The summed E-state index contributed by atoms with van der Waals surface area (Å²) < 4.78 is 0. The van der Waals surface area contributed by atoms with E-state index in [4.69, 9.17) is 5.73 Å². The van der Waals surface area contributed by atoms with Crippen LogP contribution < -0.4 is 5.73 Å². The van der Waals surface area contributed by atoms with Crippen molar-refractivity contribution >= 4 is 5.91 Å². The molecule has 1 unspecified atom stereocenters. The van der Waals surface area contributed by atoms with Crippen LogP contribution in [-0.2, 0) is 4.79 Å². The molecule has 3 nitrogen and oxygen atoms in total. The topological polar surface area (TPSA) is 46.3 Å². The number of hydrogen-bond acceptors (Lipinski definition) is 2. The second-order valence-electron chi connectivity index (χ2n) is 3.52. The second-order valence-corrected chi connectivity index (χ2v) is 3.52. The second kappa shape index (κ2) is 4.45. The molecule has 1 heterocycles. The minimum Gasteiger partial charge on any atom is -0.369 e. The van der Waals surface area contributed by atoms with Crippen molar-refractivity contribution in [3.05, 3.63) is 0 Å². The molecule has 0 aromatic rings. The van der Waals surface area contributed by atoms with Gasteiger partial charge < -0.3 is 10.6 Å². The molecule has 1 saturated heterocycles. The van der Waals surface area contributed by atoms with Crippen LogP contribution in [0.1, 0.15) is 26.2 Å². The number of carbonyl (C=O) groups is 1. The van der Waals surface area contributed by atoms with E-state index in [1.165, 1.54) is 12.8 Å². The van der Waals surface area contributed by atoms with E-state index in [9.17, 15) is 4.79 Å². The predicted molar refractivity (Wildman–Crippen MR) is 48.6 cm³/mol. The Bertz CT molecular complexity index is 153. The zero-order valence-corrected chi connectivity index (χ0v) is 7.75. The largest absolute Gasteiger partial charge is 0.369 e. The van der Waals surface area contributed by atoms with Crippen LogP contribution in [0.2, 0.25) is 0 Å². The molecule has 0 aliphatic carbocycles. The van der Waals surface area contributed by atoms with E-state index in [2.05, 4.69) is 4.90 Å². The lowest BCUT2D eigenvalue weighted by atomic mass is 10.1. The van der Waals surface area contributed by atoms with Crippen molar-refractivity contribution in [3.63, 3.8) is 0 Å². The summed E-state index contributed by atoms with van der Waals surface area (Å²) in [6, 6.07) is 0. The van der Waals surface area contributed by atoms with Gasteiger partial charge in [-0.15, -0.1) is 0 Å². The summed E-state index contributed by atoms with van der Waals surface area (Å²) >= 11 is 0. The van der Waals surface area contributed by atoms with Gasteiger partial charge in [-0.1, -0.05) is 6.92 Å². The molecule has 12 heavy (non-hydrogen) atoms. The molecule has 70 valence electrons. The minimum atomic E-state index is -0.149. The summed E-state index contributed by atoms with van der Waals surface area (Å²) in [6.45, 7) is 5.17. The van der Waals surface area contributed by atoms with Crippen molar-refractivity contribution in [1.29, 1.82) is 0 Å². The van der Waals surface area contributed by atoms with Gasteiger partial charge in [-0.05, 0) is 32.4 Å². The number of nitrogens with two attached hydrogens (primary N) is 1. The number of carbonyl (C=O) groups excluding carboxylic acids is 1. The lowest BCUT2D eigenvalue weighted by Gasteiger charge is -2.19. The van der Waals surface area contributed by atoms with E-state index in [0.29, 0.717) is 0 Å². The fourth-order valence-electron chi connectivity index (χ4n) is 1.70. The monoisotopic (exact) mass is 170 g/mol. The third-order valence-electron chi connectivity index (χ3n) is 2.57. The molecule has 1 atom stereocenters. The first-order chi connectivity index (χ1) is 5.74. The van der Waals surface area contributed by atoms with Gasteiger partial charge in [-0.25, -0.2) is 0 Å². The number of hydrogen-bond donors (Lipinski definition) is 1. The van der Waals surface area contributed by atoms with Gasteiger partial charge in [-0.3, -0.25) is 4.79 Å². The Hall–Kier alpha value is -0.570. The summed E-state index contributed by atoms with van der Waals surface area (Å²) in [7, 11) is 0. The van der Waals surface area contributed by atoms with Crippen LogP contribution in [-0.4, -0.2) is 30.4 Å². The summed E-state index contributed by atoms with van der Waals surface area (Å²) in [5.74, 6) is -0.0903. The lowest BCUT2D eigenvalue weighted by Crippen LogP contribution is -2.34. The smallest absolute Gasteiger partial charge is 0.221 e. The maximum atomic E-state index is 10.9. The van der Waals surface area contributed by atoms with Gasteiger partial charge in [0.2, 0.25) is 5.91 Å². The number of likely N-dealkylation sites (tertiary alicyclic amines) is 1. The maximum absolute atomic E-state index is 10.9. The van der Waals surface area contributed by atoms with E-state index in [-0.39, 0.29) is 11.8 Å². The molecule has 0 radical (unpaired) electrons. The average molecular weight is 170 g/mol. The zero-order chi connectivity index (χ0) is 8.97. The van der Waals surface area contributed by atoms with E-state index < -0.39 is 0 Å². The number of rotatable bonds is 4. The first kappa shape index (κ1) is 9.52. The van der Waals surface area contributed by atoms with E-state index in [1.54, 1.807) is 0 Å². The molecule has 1 aliphatic heterocycles. The van der Waals surface area contributed by atoms with Crippen LogP contribution in [0.15, 0.2) is 0 Å². The van der Waals surface area contributed by atoms with Crippen LogP contribution in [0.5, 0.6) is 0 Å². The van der Waals surface area contributed by atoms with Crippen molar-refractivity contribution in [2.24, 2.45) is 11.7 Å². The number of nitrogens with zero attached hydrogens (tertiary/aromatic N) is 1. The first-order valence-corrected chi connectivity index (χ1v) is 4.75. The third-order valence-corrected chi connectivity index (χ3v) is 2.57. The Labute approximate surface area is 73.9 Å². The Balaban J connectivity index is 2.30. The standard InChI is InChI=1S/C9H18N2O/c1-2-8(9(10)12)7-11-5-3-4-6-11/h8H,2-7H2,1H3,(H2,10,12). The van der Waals surface area contributed by atoms with Crippen LogP contribution in [0, 0.1) is 5.92 Å². The van der Waals surface area contributed by atoms with Gasteiger partial charge in [0.25, 0.3) is 0 Å². The van der Waals surface area contributed by atoms with Crippen molar-refractivity contribution < 1.29 is 4.79 Å². The van der Waals surface area contributed by atoms with Crippen molar-refractivity contribution in [1.82, 2.24) is 4.90 Å². The molecule has 0 aromatic carbocycles. The Morgan fingerprint density at radius 1 is 1.50 bits per heavy atom. The highest BCUT2D eigenvalue weighted by molar-refractivity contribution is 5.76. The fraction of sp³-hybridized carbons (Fsp3) is 0.889. The highest BCUT2D eigenvalue weighted by Crippen LogP contribution is 2.11. The van der Waals surface area contributed by atoms with Gasteiger partial charge >= 0.3 is 0 Å². The van der Waals surface area contributed by atoms with Crippen molar-refractivity contribution in [3.8, 4) is 0 Å². The Kier molecular flexibility index (Phi) is 3.53. The van der Waals surface area contributed by atoms with Gasteiger partial charge in [0.05, 0.1) is 5.92 Å². The molecular weight excluding hydrogens is 152 g/mol. The lowest BCUT2D eigenvalue weighted by molar-refractivity contribution is -0.122. The maximum Gasteiger partial charge on any atom is 0.221 e. The molecule has 1 aliphatic rings. The van der Waals surface area contributed by atoms with Crippen LogP contribution in [0.4, 0.5) is 0 Å².